The summed E-state index contributed by atoms with van der Waals surface area (Å²) >= 11 is 0. The normalized spacial score (nSPS) is 15.5. The first-order valence-electron chi connectivity index (χ1n) is 10.5. The van der Waals surface area contributed by atoms with E-state index in [1.807, 2.05) is 6.92 Å². The Morgan fingerprint density at radius 3 is 2.24 bits per heavy atom. The average Bonchev–Trinajstić information content (AvgIpc) is 3.10. The van der Waals surface area contributed by atoms with Crippen LogP contribution >= 0.6 is 0 Å². The first-order valence-corrected chi connectivity index (χ1v) is 10.5. The molecule has 0 aliphatic carbocycles. The molecule has 1 unspecified atom stereocenters. The monoisotopic (exact) mass is 453 g/mol. The summed E-state index contributed by atoms with van der Waals surface area (Å²) in [5, 5.41) is 0.957. The van der Waals surface area contributed by atoms with E-state index in [1.54, 1.807) is 69.5 Å². The minimum Gasteiger partial charge on any atom is -0.497 e. The van der Waals surface area contributed by atoms with Crippen molar-refractivity contribution in [1.82, 2.24) is 10.4 Å². The van der Waals surface area contributed by atoms with Gasteiger partial charge in [-0.3, -0.25) is 24.6 Å². The van der Waals surface area contributed by atoms with E-state index in [-0.39, 0.29) is 13.0 Å². The maximum atomic E-state index is 13.1. The first kappa shape index (κ1) is 23.8. The van der Waals surface area contributed by atoms with Gasteiger partial charge >= 0.3 is 0 Å². The van der Waals surface area contributed by atoms with Gasteiger partial charge in [0.2, 0.25) is 11.8 Å². The SMILES string of the molecule is COc1ccc(OCC(=O)NN(C(=O)C(C)C)C2CC(=O)N(c3ccc(C)cc3)C2=O)cc1. The standard InChI is InChI=1S/C24H27N3O6/c1-15(2)23(30)27(25-21(28)14-33-19-11-9-18(32-4)10-12-19)20-13-22(29)26(24(20)31)17-7-5-16(3)6-8-17/h5-12,15,20H,13-14H2,1-4H3,(H,25,28). The fourth-order valence-electron chi connectivity index (χ4n) is 3.33. The highest BCUT2D eigenvalue weighted by molar-refractivity contribution is 6.23. The van der Waals surface area contributed by atoms with Crippen LogP contribution in [0, 0.1) is 12.8 Å². The van der Waals surface area contributed by atoms with Crippen LogP contribution in [-0.2, 0) is 19.2 Å². The fraction of sp³-hybridized carbons (Fsp3) is 0.333. The minimum absolute atomic E-state index is 0.231. The minimum atomic E-state index is -1.14. The molecular weight excluding hydrogens is 426 g/mol. The molecule has 1 N–H and O–H groups in total. The molecule has 0 saturated carbocycles. The predicted octanol–water partition coefficient (Wildman–Crippen LogP) is 2.23. The zero-order valence-corrected chi connectivity index (χ0v) is 19.0. The van der Waals surface area contributed by atoms with Crippen LogP contribution in [0.25, 0.3) is 0 Å². The maximum absolute atomic E-state index is 13.1. The van der Waals surface area contributed by atoms with Crippen LogP contribution in [0.4, 0.5) is 5.69 Å². The van der Waals surface area contributed by atoms with Crippen LogP contribution < -0.4 is 19.8 Å². The highest BCUT2D eigenvalue weighted by Gasteiger charge is 2.45. The molecule has 1 atom stereocenters. The highest BCUT2D eigenvalue weighted by Crippen LogP contribution is 2.26. The van der Waals surface area contributed by atoms with Gasteiger partial charge in [0.25, 0.3) is 11.8 Å². The van der Waals surface area contributed by atoms with E-state index >= 15 is 0 Å². The van der Waals surface area contributed by atoms with Gasteiger partial charge in [0, 0.05) is 5.92 Å². The summed E-state index contributed by atoms with van der Waals surface area (Å²) in [5.41, 5.74) is 3.86. The number of ether oxygens (including phenoxy) is 2. The number of nitrogens with zero attached hydrogens (tertiary/aromatic N) is 2. The summed E-state index contributed by atoms with van der Waals surface area (Å²) in [6.45, 7) is 4.81. The zero-order chi connectivity index (χ0) is 24.1. The third-order valence-electron chi connectivity index (χ3n) is 5.13. The molecule has 9 nitrogen and oxygen atoms in total. The summed E-state index contributed by atoms with van der Waals surface area (Å²) in [7, 11) is 1.54. The second-order valence-electron chi connectivity index (χ2n) is 7.98. The molecule has 0 bridgehead atoms. The summed E-state index contributed by atoms with van der Waals surface area (Å²) in [6.07, 6.45) is -0.231. The summed E-state index contributed by atoms with van der Waals surface area (Å²) < 4.78 is 10.5. The molecule has 1 aliphatic heterocycles. The molecule has 0 spiro atoms. The lowest BCUT2D eigenvalue weighted by atomic mass is 10.1. The summed E-state index contributed by atoms with van der Waals surface area (Å²) in [4.78, 5) is 52.2. The Bertz CT molecular complexity index is 1030. The Morgan fingerprint density at radius 1 is 1.06 bits per heavy atom. The predicted molar refractivity (Wildman–Crippen MR) is 120 cm³/mol. The molecular formula is C24H27N3O6. The molecule has 1 aliphatic rings. The number of methoxy groups -OCH3 is 1. The van der Waals surface area contributed by atoms with Gasteiger partial charge in [-0.1, -0.05) is 31.5 Å². The van der Waals surface area contributed by atoms with Gasteiger partial charge in [0.1, 0.15) is 17.5 Å². The number of hydrogen-bond donors (Lipinski definition) is 1. The van der Waals surface area contributed by atoms with Gasteiger partial charge in [0.05, 0.1) is 19.2 Å². The van der Waals surface area contributed by atoms with Crippen molar-refractivity contribution >= 4 is 29.3 Å². The van der Waals surface area contributed by atoms with E-state index in [4.69, 9.17) is 9.47 Å². The van der Waals surface area contributed by atoms with Gasteiger partial charge in [-0.05, 0) is 43.3 Å². The third kappa shape index (κ3) is 5.49. The van der Waals surface area contributed by atoms with Crippen molar-refractivity contribution in [3.8, 4) is 11.5 Å². The van der Waals surface area contributed by atoms with Crippen molar-refractivity contribution < 1.29 is 28.7 Å². The second kappa shape index (κ2) is 10.2. The highest BCUT2D eigenvalue weighted by atomic mass is 16.5. The van der Waals surface area contributed by atoms with Gasteiger partial charge in [0.15, 0.2) is 6.61 Å². The summed E-state index contributed by atoms with van der Waals surface area (Å²) in [6, 6.07) is 12.4. The molecule has 4 amide bonds. The average molecular weight is 453 g/mol. The number of rotatable bonds is 7. The number of aryl methyl sites for hydroxylation is 1. The quantitative estimate of drug-likeness (QED) is 0.509. The van der Waals surface area contributed by atoms with Crippen LogP contribution in [-0.4, -0.2) is 48.4 Å². The van der Waals surface area contributed by atoms with E-state index in [9.17, 15) is 19.2 Å². The Morgan fingerprint density at radius 2 is 1.67 bits per heavy atom. The number of anilines is 1. The van der Waals surface area contributed by atoms with E-state index in [0.717, 1.165) is 15.5 Å². The lowest BCUT2D eigenvalue weighted by molar-refractivity contribution is -0.150. The number of carbonyl (C=O) groups excluding carboxylic acids is 4. The van der Waals surface area contributed by atoms with Crippen LogP contribution in [0.3, 0.4) is 0 Å². The Balaban J connectivity index is 1.73. The second-order valence-corrected chi connectivity index (χ2v) is 7.98. The summed E-state index contributed by atoms with van der Waals surface area (Å²) in [5.74, 6) is -1.57. The van der Waals surface area contributed by atoms with Gasteiger partial charge in [-0.15, -0.1) is 0 Å². The van der Waals surface area contributed by atoms with Crippen molar-refractivity contribution in [1.29, 1.82) is 0 Å². The number of imide groups is 1. The lowest BCUT2D eigenvalue weighted by Gasteiger charge is -2.29. The molecule has 1 fully saturated rings. The number of amides is 4. The Kier molecular flexibility index (Phi) is 7.32. The Hall–Kier alpha value is -3.88. The van der Waals surface area contributed by atoms with Crippen LogP contribution in [0.15, 0.2) is 48.5 Å². The smallest absolute Gasteiger partial charge is 0.276 e. The van der Waals surface area contributed by atoms with Gasteiger partial charge in [-0.25, -0.2) is 9.91 Å². The fourth-order valence-corrected chi connectivity index (χ4v) is 3.33. The van der Waals surface area contributed by atoms with Crippen LogP contribution in [0.5, 0.6) is 11.5 Å². The van der Waals surface area contributed by atoms with Crippen molar-refractivity contribution in [3.05, 3.63) is 54.1 Å². The van der Waals surface area contributed by atoms with E-state index in [2.05, 4.69) is 5.43 Å². The molecule has 1 saturated heterocycles. The molecule has 2 aromatic carbocycles. The number of nitrogens with one attached hydrogen (secondary N) is 1. The number of hydrazine groups is 1. The molecule has 9 heteroatoms. The lowest BCUT2D eigenvalue weighted by Crippen LogP contribution is -2.56. The maximum Gasteiger partial charge on any atom is 0.276 e. The van der Waals surface area contributed by atoms with Crippen molar-refractivity contribution in [2.45, 2.75) is 33.2 Å². The number of hydrogen-bond acceptors (Lipinski definition) is 6. The Labute approximate surface area is 192 Å². The van der Waals surface area contributed by atoms with E-state index < -0.39 is 35.6 Å². The van der Waals surface area contributed by atoms with Crippen molar-refractivity contribution in [2.75, 3.05) is 18.6 Å². The number of carbonyl (C=O) groups is 4. The van der Waals surface area contributed by atoms with Crippen molar-refractivity contribution in [3.63, 3.8) is 0 Å². The molecule has 1 heterocycles. The van der Waals surface area contributed by atoms with E-state index in [0.29, 0.717) is 17.2 Å². The van der Waals surface area contributed by atoms with Gasteiger partial charge in [-0.2, -0.15) is 0 Å². The zero-order valence-electron chi connectivity index (χ0n) is 19.0. The van der Waals surface area contributed by atoms with Gasteiger partial charge < -0.3 is 9.47 Å². The molecule has 33 heavy (non-hydrogen) atoms. The molecule has 2 aromatic rings. The van der Waals surface area contributed by atoms with Crippen molar-refractivity contribution in [2.24, 2.45) is 5.92 Å². The first-order chi connectivity index (χ1) is 15.7. The van der Waals surface area contributed by atoms with Crippen LogP contribution in [0.1, 0.15) is 25.8 Å². The molecule has 174 valence electrons. The topological polar surface area (TPSA) is 105 Å². The molecule has 0 aromatic heterocycles. The third-order valence-corrected chi connectivity index (χ3v) is 5.13. The van der Waals surface area contributed by atoms with E-state index in [1.165, 1.54) is 0 Å². The molecule has 0 radical (unpaired) electrons. The largest absolute Gasteiger partial charge is 0.497 e. The van der Waals surface area contributed by atoms with Crippen LogP contribution in [0.2, 0.25) is 0 Å². The molecule has 3 rings (SSSR count). The number of benzene rings is 2.